The highest BCUT2D eigenvalue weighted by Gasteiger charge is 2.25. The van der Waals surface area contributed by atoms with Gasteiger partial charge in [0.25, 0.3) is 0 Å². The van der Waals surface area contributed by atoms with Gasteiger partial charge < -0.3 is 11.1 Å². The fraction of sp³-hybridized carbons (Fsp3) is 0.357. The van der Waals surface area contributed by atoms with Crippen LogP contribution < -0.4 is 11.1 Å². The van der Waals surface area contributed by atoms with Crippen molar-refractivity contribution >= 4 is 28.1 Å². The molecular weight excluding hydrogens is 292 g/mol. The molecule has 2 aromatic rings. The second-order valence-electron chi connectivity index (χ2n) is 4.88. The molecule has 0 saturated carbocycles. The number of nitrogens with one attached hydrogen (secondary N) is 1. The second-order valence-corrected chi connectivity index (χ2v) is 6.43. The van der Waals surface area contributed by atoms with Crippen LogP contribution >= 0.6 is 22.9 Å². The van der Waals surface area contributed by atoms with Gasteiger partial charge in [-0.1, -0.05) is 29.8 Å². The standard InChI is InChI=1S/C14H17ClN4S/c15-12-4-2-1-3-11(12)13-8-17-5-6-19(13)9-10-7-18-14(16)20-10/h1-4,7,13,17H,5-6,8-9H2,(H2,16,18). The van der Waals surface area contributed by atoms with E-state index < -0.39 is 0 Å². The maximum Gasteiger partial charge on any atom is 0.180 e. The van der Waals surface area contributed by atoms with Crippen molar-refractivity contribution in [1.82, 2.24) is 15.2 Å². The van der Waals surface area contributed by atoms with Crippen LogP contribution in [0.2, 0.25) is 5.02 Å². The Morgan fingerprint density at radius 3 is 3.05 bits per heavy atom. The van der Waals surface area contributed by atoms with Crippen molar-refractivity contribution in [2.75, 3.05) is 25.4 Å². The maximum absolute atomic E-state index is 6.35. The minimum atomic E-state index is 0.292. The Kier molecular flexibility index (Phi) is 4.21. The van der Waals surface area contributed by atoms with Crippen molar-refractivity contribution in [3.8, 4) is 0 Å². The summed E-state index contributed by atoms with van der Waals surface area (Å²) in [5.41, 5.74) is 6.89. The molecule has 20 heavy (non-hydrogen) atoms. The van der Waals surface area contributed by atoms with E-state index in [0.29, 0.717) is 11.2 Å². The van der Waals surface area contributed by atoms with Crippen molar-refractivity contribution in [2.24, 2.45) is 0 Å². The molecule has 0 aliphatic carbocycles. The SMILES string of the molecule is Nc1ncc(CN2CCNCC2c2ccccc2Cl)s1. The number of halogens is 1. The number of anilines is 1. The number of piperazine rings is 1. The summed E-state index contributed by atoms with van der Waals surface area (Å²) in [6.45, 7) is 3.77. The third kappa shape index (κ3) is 2.96. The van der Waals surface area contributed by atoms with E-state index in [1.807, 2.05) is 24.4 Å². The molecule has 4 nitrogen and oxygen atoms in total. The Hall–Kier alpha value is -1.14. The summed E-state index contributed by atoms with van der Waals surface area (Å²) in [6.07, 6.45) is 1.87. The first kappa shape index (κ1) is 13.8. The lowest BCUT2D eigenvalue weighted by atomic mass is 10.0. The fourth-order valence-electron chi connectivity index (χ4n) is 2.58. The zero-order valence-corrected chi connectivity index (χ0v) is 12.6. The molecule has 1 aliphatic heterocycles. The van der Waals surface area contributed by atoms with E-state index >= 15 is 0 Å². The Morgan fingerprint density at radius 2 is 2.30 bits per heavy atom. The predicted octanol–water partition coefficient (Wildman–Crippen LogP) is 2.53. The molecule has 0 amide bonds. The van der Waals surface area contributed by atoms with Gasteiger partial charge in [0, 0.05) is 48.3 Å². The molecule has 1 aromatic heterocycles. The number of benzene rings is 1. The van der Waals surface area contributed by atoms with Crippen molar-refractivity contribution in [3.05, 3.63) is 45.9 Å². The summed E-state index contributed by atoms with van der Waals surface area (Å²) < 4.78 is 0. The number of hydrogen-bond acceptors (Lipinski definition) is 5. The number of aromatic nitrogens is 1. The van der Waals surface area contributed by atoms with Gasteiger partial charge >= 0.3 is 0 Å². The maximum atomic E-state index is 6.35. The first-order valence-corrected chi connectivity index (χ1v) is 7.83. The third-order valence-corrected chi connectivity index (χ3v) is 4.70. The van der Waals surface area contributed by atoms with Crippen LogP contribution in [0.1, 0.15) is 16.5 Å². The number of thiazole rings is 1. The van der Waals surface area contributed by atoms with E-state index in [-0.39, 0.29) is 0 Å². The quantitative estimate of drug-likeness (QED) is 0.915. The number of rotatable bonds is 3. The summed E-state index contributed by atoms with van der Waals surface area (Å²) in [5, 5.41) is 4.90. The van der Waals surface area contributed by atoms with E-state index in [4.69, 9.17) is 17.3 Å². The van der Waals surface area contributed by atoms with Crippen molar-refractivity contribution in [2.45, 2.75) is 12.6 Å². The van der Waals surface area contributed by atoms with E-state index in [1.165, 1.54) is 10.4 Å². The number of hydrogen-bond donors (Lipinski definition) is 2. The van der Waals surface area contributed by atoms with Crippen LogP contribution in [0.15, 0.2) is 30.5 Å². The Balaban J connectivity index is 1.82. The van der Waals surface area contributed by atoms with E-state index in [0.717, 1.165) is 31.2 Å². The molecule has 1 saturated heterocycles. The molecule has 3 N–H and O–H groups in total. The highest BCUT2D eigenvalue weighted by molar-refractivity contribution is 7.15. The molecule has 106 valence electrons. The van der Waals surface area contributed by atoms with E-state index in [2.05, 4.69) is 21.3 Å². The summed E-state index contributed by atoms with van der Waals surface area (Å²) in [7, 11) is 0. The predicted molar refractivity (Wildman–Crippen MR) is 84.0 cm³/mol. The highest BCUT2D eigenvalue weighted by Crippen LogP contribution is 2.30. The first-order valence-electron chi connectivity index (χ1n) is 6.63. The topological polar surface area (TPSA) is 54.2 Å². The lowest BCUT2D eigenvalue weighted by Crippen LogP contribution is -2.45. The van der Waals surface area contributed by atoms with Crippen LogP contribution in [0.25, 0.3) is 0 Å². The fourth-order valence-corrected chi connectivity index (χ4v) is 3.56. The number of nitrogens with two attached hydrogens (primary N) is 1. The van der Waals surface area contributed by atoms with Gasteiger partial charge in [-0.05, 0) is 11.6 Å². The third-order valence-electron chi connectivity index (χ3n) is 3.55. The lowest BCUT2D eigenvalue weighted by molar-refractivity contribution is 0.155. The van der Waals surface area contributed by atoms with Gasteiger partial charge in [0.15, 0.2) is 5.13 Å². The van der Waals surface area contributed by atoms with Crippen molar-refractivity contribution < 1.29 is 0 Å². The van der Waals surface area contributed by atoms with E-state index in [9.17, 15) is 0 Å². The molecule has 1 unspecified atom stereocenters. The average Bonchev–Trinajstić information content (AvgIpc) is 2.86. The van der Waals surface area contributed by atoms with Crippen molar-refractivity contribution in [1.29, 1.82) is 0 Å². The Morgan fingerprint density at radius 1 is 1.45 bits per heavy atom. The lowest BCUT2D eigenvalue weighted by Gasteiger charge is -2.36. The molecule has 2 heterocycles. The van der Waals surface area contributed by atoms with Gasteiger partial charge in [-0.3, -0.25) is 4.90 Å². The van der Waals surface area contributed by atoms with Crippen LogP contribution in [0.3, 0.4) is 0 Å². The Labute approximate surface area is 127 Å². The normalized spacial score (nSPS) is 20.1. The molecule has 0 radical (unpaired) electrons. The number of nitrogens with zero attached hydrogens (tertiary/aromatic N) is 2. The molecule has 1 aromatic carbocycles. The molecular formula is C14H17ClN4S. The van der Waals surface area contributed by atoms with Gasteiger partial charge in [-0.2, -0.15) is 0 Å². The smallest absolute Gasteiger partial charge is 0.180 e. The second kappa shape index (κ2) is 6.10. The summed E-state index contributed by atoms with van der Waals surface area (Å²) in [5.74, 6) is 0. The Bertz CT molecular complexity index is 586. The van der Waals surface area contributed by atoms with Gasteiger partial charge in [0.05, 0.1) is 0 Å². The molecule has 1 atom stereocenters. The zero-order valence-electron chi connectivity index (χ0n) is 11.1. The largest absolute Gasteiger partial charge is 0.375 e. The molecule has 1 fully saturated rings. The minimum Gasteiger partial charge on any atom is -0.375 e. The first-order chi connectivity index (χ1) is 9.74. The van der Waals surface area contributed by atoms with Gasteiger partial charge in [0.2, 0.25) is 0 Å². The van der Waals surface area contributed by atoms with Crippen LogP contribution in [0.4, 0.5) is 5.13 Å². The van der Waals surface area contributed by atoms with Crippen LogP contribution in [0.5, 0.6) is 0 Å². The van der Waals surface area contributed by atoms with Gasteiger partial charge in [-0.15, -0.1) is 11.3 Å². The molecule has 6 heteroatoms. The van der Waals surface area contributed by atoms with Gasteiger partial charge in [-0.25, -0.2) is 4.98 Å². The van der Waals surface area contributed by atoms with Crippen LogP contribution in [-0.2, 0) is 6.54 Å². The van der Waals surface area contributed by atoms with Gasteiger partial charge in [0.1, 0.15) is 0 Å². The monoisotopic (exact) mass is 308 g/mol. The summed E-state index contributed by atoms with van der Waals surface area (Å²) in [6, 6.07) is 8.36. The average molecular weight is 309 g/mol. The molecule has 1 aliphatic rings. The van der Waals surface area contributed by atoms with Crippen molar-refractivity contribution in [3.63, 3.8) is 0 Å². The van der Waals surface area contributed by atoms with Crippen LogP contribution in [0, 0.1) is 0 Å². The summed E-state index contributed by atoms with van der Waals surface area (Å²) in [4.78, 5) is 7.76. The molecule has 0 bridgehead atoms. The minimum absolute atomic E-state index is 0.292. The highest BCUT2D eigenvalue weighted by atomic mass is 35.5. The zero-order chi connectivity index (χ0) is 13.9. The summed E-state index contributed by atoms with van der Waals surface area (Å²) >= 11 is 7.90. The molecule has 3 rings (SSSR count). The van der Waals surface area contributed by atoms with E-state index in [1.54, 1.807) is 11.3 Å². The number of nitrogen functional groups attached to an aromatic ring is 1. The van der Waals surface area contributed by atoms with Crippen LogP contribution in [-0.4, -0.2) is 29.5 Å². The molecule has 0 spiro atoms.